The summed E-state index contributed by atoms with van der Waals surface area (Å²) in [5, 5.41) is 0. The highest BCUT2D eigenvalue weighted by Crippen LogP contribution is 2.25. The second-order valence-electron chi connectivity index (χ2n) is 2.94. The van der Waals surface area contributed by atoms with Gasteiger partial charge in [-0.15, -0.1) is 0 Å². The van der Waals surface area contributed by atoms with Gasteiger partial charge in [-0.2, -0.15) is 0 Å². The first-order valence-corrected chi connectivity index (χ1v) is 4.53. The lowest BCUT2D eigenvalue weighted by atomic mass is 10.0. The Kier molecular flexibility index (Phi) is 3.55. The Labute approximate surface area is 86.9 Å². The van der Waals surface area contributed by atoms with Crippen molar-refractivity contribution in [3.05, 3.63) is 29.1 Å². The number of aldehydes is 1. The van der Waals surface area contributed by atoms with Gasteiger partial charge in [0.05, 0.1) is 12.2 Å². The summed E-state index contributed by atoms with van der Waals surface area (Å²) in [5.74, 6) is -1.08. The van der Waals surface area contributed by atoms with E-state index in [0.29, 0.717) is 6.29 Å². The Balaban J connectivity index is 3.39. The molecule has 1 aromatic carbocycles. The molecule has 0 amide bonds. The Morgan fingerprint density at radius 3 is 2.67 bits per heavy atom. The van der Waals surface area contributed by atoms with Crippen molar-refractivity contribution >= 4 is 12.1 Å². The van der Waals surface area contributed by atoms with E-state index in [4.69, 9.17) is 4.74 Å². The van der Waals surface area contributed by atoms with E-state index in [0.717, 1.165) is 6.07 Å². The van der Waals surface area contributed by atoms with E-state index in [1.54, 1.807) is 6.92 Å². The third-order valence-electron chi connectivity index (χ3n) is 1.93. The van der Waals surface area contributed by atoms with Gasteiger partial charge in [0.1, 0.15) is 0 Å². The molecular weight excluding hydrogens is 199 g/mol. The van der Waals surface area contributed by atoms with E-state index in [2.05, 4.69) is 0 Å². The summed E-state index contributed by atoms with van der Waals surface area (Å²) in [4.78, 5) is 21.9. The maximum absolute atomic E-state index is 13.3. The largest absolute Gasteiger partial charge is 0.490 e. The molecule has 0 saturated carbocycles. The molecule has 1 rings (SSSR count). The average molecular weight is 210 g/mol. The maximum atomic E-state index is 13.3. The monoisotopic (exact) mass is 210 g/mol. The molecule has 0 bridgehead atoms. The van der Waals surface area contributed by atoms with Gasteiger partial charge in [0.15, 0.2) is 23.6 Å². The third-order valence-corrected chi connectivity index (χ3v) is 1.93. The lowest BCUT2D eigenvalue weighted by molar-refractivity contribution is 0.100. The van der Waals surface area contributed by atoms with Gasteiger partial charge in [0.2, 0.25) is 0 Å². The lowest BCUT2D eigenvalue weighted by Crippen LogP contribution is -2.05. The van der Waals surface area contributed by atoms with Crippen LogP contribution in [0, 0.1) is 5.82 Å². The van der Waals surface area contributed by atoms with Crippen molar-refractivity contribution < 1.29 is 18.7 Å². The molecular formula is C11H11FO3. The summed E-state index contributed by atoms with van der Waals surface area (Å²) in [7, 11) is 0. The molecule has 3 nitrogen and oxygen atoms in total. The van der Waals surface area contributed by atoms with E-state index in [1.165, 1.54) is 13.0 Å². The van der Waals surface area contributed by atoms with Crippen molar-refractivity contribution in [3.63, 3.8) is 0 Å². The number of halogens is 1. The summed E-state index contributed by atoms with van der Waals surface area (Å²) in [6.07, 6.45) is 0.435. The van der Waals surface area contributed by atoms with Crippen LogP contribution in [0.2, 0.25) is 0 Å². The van der Waals surface area contributed by atoms with Crippen LogP contribution in [0.3, 0.4) is 0 Å². The number of carbonyl (C=O) groups is 2. The number of carbonyl (C=O) groups excluding carboxylic acids is 2. The number of benzene rings is 1. The fourth-order valence-corrected chi connectivity index (χ4v) is 1.29. The second-order valence-corrected chi connectivity index (χ2v) is 2.94. The molecule has 0 atom stereocenters. The first kappa shape index (κ1) is 11.4. The minimum Gasteiger partial charge on any atom is -0.490 e. The van der Waals surface area contributed by atoms with Crippen molar-refractivity contribution in [2.24, 2.45) is 0 Å². The first-order valence-electron chi connectivity index (χ1n) is 4.53. The van der Waals surface area contributed by atoms with E-state index in [-0.39, 0.29) is 29.3 Å². The first-order chi connectivity index (χ1) is 7.11. The van der Waals surface area contributed by atoms with Crippen molar-refractivity contribution in [1.82, 2.24) is 0 Å². The Hall–Kier alpha value is -1.71. The Morgan fingerprint density at radius 2 is 2.20 bits per heavy atom. The minimum absolute atomic E-state index is 0.0237. The van der Waals surface area contributed by atoms with Crippen LogP contribution < -0.4 is 4.74 Å². The summed E-state index contributed by atoms with van der Waals surface area (Å²) >= 11 is 0. The maximum Gasteiger partial charge on any atom is 0.166 e. The zero-order valence-electron chi connectivity index (χ0n) is 8.54. The molecule has 15 heavy (non-hydrogen) atoms. The van der Waals surface area contributed by atoms with Crippen molar-refractivity contribution in [2.45, 2.75) is 13.8 Å². The van der Waals surface area contributed by atoms with Crippen LogP contribution in [0.15, 0.2) is 12.1 Å². The van der Waals surface area contributed by atoms with Crippen molar-refractivity contribution in [3.8, 4) is 5.75 Å². The topological polar surface area (TPSA) is 43.4 Å². The van der Waals surface area contributed by atoms with Gasteiger partial charge in [-0.25, -0.2) is 4.39 Å². The predicted molar refractivity (Wildman–Crippen MR) is 53.0 cm³/mol. The van der Waals surface area contributed by atoms with Gasteiger partial charge in [0.25, 0.3) is 0 Å². The molecule has 0 spiro atoms. The van der Waals surface area contributed by atoms with Crippen LogP contribution in [0.1, 0.15) is 34.6 Å². The van der Waals surface area contributed by atoms with E-state index >= 15 is 0 Å². The van der Waals surface area contributed by atoms with Gasteiger partial charge in [0, 0.05) is 5.56 Å². The molecule has 0 saturated heterocycles. The molecule has 4 heteroatoms. The standard InChI is InChI=1S/C11H11FO3/c1-3-15-11-9(6-13)8(7(2)14)4-5-10(11)12/h4-6H,3H2,1-2H3. The molecule has 0 aromatic heterocycles. The molecule has 0 fully saturated rings. The van der Waals surface area contributed by atoms with Crippen LogP contribution in [-0.4, -0.2) is 18.7 Å². The highest BCUT2D eigenvalue weighted by atomic mass is 19.1. The van der Waals surface area contributed by atoms with E-state index < -0.39 is 5.82 Å². The summed E-state index contributed by atoms with van der Waals surface area (Å²) < 4.78 is 18.3. The highest BCUT2D eigenvalue weighted by Gasteiger charge is 2.16. The molecule has 0 heterocycles. The van der Waals surface area contributed by atoms with Gasteiger partial charge < -0.3 is 4.74 Å². The van der Waals surface area contributed by atoms with Gasteiger partial charge in [-0.05, 0) is 26.0 Å². The van der Waals surface area contributed by atoms with Crippen molar-refractivity contribution in [2.75, 3.05) is 6.61 Å². The molecule has 80 valence electrons. The predicted octanol–water partition coefficient (Wildman–Crippen LogP) is 2.24. The van der Waals surface area contributed by atoms with Crippen LogP contribution in [0.4, 0.5) is 4.39 Å². The normalized spacial score (nSPS) is 9.80. The molecule has 0 aliphatic heterocycles. The second kappa shape index (κ2) is 4.68. The van der Waals surface area contributed by atoms with Gasteiger partial charge in [-0.1, -0.05) is 0 Å². The SMILES string of the molecule is CCOc1c(F)ccc(C(C)=O)c1C=O. The van der Waals surface area contributed by atoms with Crippen LogP contribution in [-0.2, 0) is 0 Å². The molecule has 0 N–H and O–H groups in total. The average Bonchev–Trinajstić information content (AvgIpc) is 2.20. The zero-order valence-corrected chi connectivity index (χ0v) is 8.54. The lowest BCUT2D eigenvalue weighted by Gasteiger charge is -2.09. The number of Topliss-reactive ketones (excluding diaryl/α,β-unsaturated/α-hetero) is 1. The molecule has 0 aliphatic rings. The number of ketones is 1. The molecule has 0 unspecified atom stereocenters. The zero-order chi connectivity index (χ0) is 11.4. The smallest absolute Gasteiger partial charge is 0.166 e. The van der Waals surface area contributed by atoms with Crippen LogP contribution in [0.25, 0.3) is 0 Å². The highest BCUT2D eigenvalue weighted by molar-refractivity contribution is 6.02. The summed E-state index contributed by atoms with van der Waals surface area (Å²) in [5.41, 5.74) is 0.152. The third kappa shape index (κ3) is 2.21. The number of hydrogen-bond acceptors (Lipinski definition) is 3. The van der Waals surface area contributed by atoms with Gasteiger partial charge in [-0.3, -0.25) is 9.59 Å². The minimum atomic E-state index is -0.635. The van der Waals surface area contributed by atoms with Crippen molar-refractivity contribution in [1.29, 1.82) is 0 Å². The van der Waals surface area contributed by atoms with E-state index in [1.807, 2.05) is 0 Å². The summed E-state index contributed by atoms with van der Waals surface area (Å²) in [6, 6.07) is 2.40. The number of rotatable bonds is 4. The fraction of sp³-hybridized carbons (Fsp3) is 0.273. The molecule has 1 aromatic rings. The number of hydrogen-bond donors (Lipinski definition) is 0. The van der Waals surface area contributed by atoms with E-state index in [9.17, 15) is 14.0 Å². The molecule has 0 aliphatic carbocycles. The molecule has 0 radical (unpaired) electrons. The number of ether oxygens (including phenoxy) is 1. The fourth-order valence-electron chi connectivity index (χ4n) is 1.29. The van der Waals surface area contributed by atoms with Crippen LogP contribution >= 0.6 is 0 Å². The van der Waals surface area contributed by atoms with Gasteiger partial charge >= 0.3 is 0 Å². The summed E-state index contributed by atoms with van der Waals surface area (Å²) in [6.45, 7) is 3.23. The Morgan fingerprint density at radius 1 is 1.53 bits per heavy atom. The Bertz CT molecular complexity index is 399. The quantitative estimate of drug-likeness (QED) is 0.565. The van der Waals surface area contributed by atoms with Crippen LogP contribution in [0.5, 0.6) is 5.75 Å².